The highest BCUT2D eigenvalue weighted by molar-refractivity contribution is 14.0. The summed E-state index contributed by atoms with van der Waals surface area (Å²) in [7, 11) is 1.74. The molecular formula is C18H31IN4O2. The third-order valence-electron chi connectivity index (χ3n) is 3.08. The van der Waals surface area contributed by atoms with Gasteiger partial charge in [-0.15, -0.1) is 24.0 Å². The highest BCUT2D eigenvalue weighted by Crippen LogP contribution is 2.06. The molecule has 1 aromatic carbocycles. The van der Waals surface area contributed by atoms with Crippen LogP contribution in [-0.4, -0.2) is 37.8 Å². The van der Waals surface area contributed by atoms with Crippen LogP contribution in [0.4, 0.5) is 4.79 Å². The van der Waals surface area contributed by atoms with Crippen molar-refractivity contribution in [1.29, 1.82) is 0 Å². The fourth-order valence-corrected chi connectivity index (χ4v) is 2.03. The van der Waals surface area contributed by atoms with Crippen molar-refractivity contribution in [2.45, 2.75) is 46.3 Å². The predicted molar refractivity (Wildman–Crippen MR) is 114 cm³/mol. The van der Waals surface area contributed by atoms with Crippen molar-refractivity contribution in [3.05, 3.63) is 35.4 Å². The first-order chi connectivity index (χ1) is 11.3. The number of hydrogen-bond donors (Lipinski definition) is 3. The van der Waals surface area contributed by atoms with Crippen molar-refractivity contribution < 1.29 is 9.53 Å². The fraction of sp³-hybridized carbons (Fsp3) is 0.556. The molecule has 142 valence electrons. The molecule has 0 heterocycles. The van der Waals surface area contributed by atoms with Crippen molar-refractivity contribution in [1.82, 2.24) is 16.0 Å². The molecule has 0 fully saturated rings. The molecule has 0 atom stereocenters. The number of nitrogens with zero attached hydrogens (tertiary/aromatic N) is 1. The van der Waals surface area contributed by atoms with Gasteiger partial charge < -0.3 is 20.7 Å². The lowest BCUT2D eigenvalue weighted by molar-refractivity contribution is 0.0527. The van der Waals surface area contributed by atoms with Crippen molar-refractivity contribution >= 4 is 36.0 Å². The molecule has 1 rings (SSSR count). The predicted octanol–water partition coefficient (Wildman–Crippen LogP) is 3.19. The van der Waals surface area contributed by atoms with Crippen LogP contribution >= 0.6 is 24.0 Å². The third-order valence-corrected chi connectivity index (χ3v) is 3.08. The Bertz CT molecular complexity index is 556. The molecule has 0 spiro atoms. The lowest BCUT2D eigenvalue weighted by atomic mass is 10.1. The maximum atomic E-state index is 11.5. The molecule has 3 N–H and O–H groups in total. The Morgan fingerprint density at radius 2 is 1.84 bits per heavy atom. The Morgan fingerprint density at radius 3 is 2.44 bits per heavy atom. The molecule has 1 aromatic rings. The van der Waals surface area contributed by atoms with E-state index in [0.29, 0.717) is 13.1 Å². The lowest BCUT2D eigenvalue weighted by Crippen LogP contribution is -2.39. The number of ether oxygens (including phenoxy) is 1. The van der Waals surface area contributed by atoms with E-state index in [1.165, 1.54) is 11.1 Å². The van der Waals surface area contributed by atoms with Gasteiger partial charge in [-0.05, 0) is 39.7 Å². The smallest absolute Gasteiger partial charge is 0.407 e. The normalized spacial score (nSPS) is 11.3. The number of guanidine groups is 1. The molecular weight excluding hydrogens is 431 g/mol. The minimum atomic E-state index is -0.468. The van der Waals surface area contributed by atoms with Crippen LogP contribution in [0.25, 0.3) is 0 Å². The number of alkyl carbamates (subject to hydrolysis) is 1. The zero-order valence-electron chi connectivity index (χ0n) is 15.8. The molecule has 0 bridgehead atoms. The van der Waals surface area contributed by atoms with E-state index in [0.717, 1.165) is 18.9 Å². The number of aliphatic imine (C=N–C) groups is 1. The summed E-state index contributed by atoms with van der Waals surface area (Å²) < 4.78 is 5.18. The average molecular weight is 462 g/mol. The number of hydrogen-bond acceptors (Lipinski definition) is 3. The van der Waals surface area contributed by atoms with Gasteiger partial charge in [-0.3, -0.25) is 4.99 Å². The van der Waals surface area contributed by atoms with E-state index in [2.05, 4.69) is 46.1 Å². The van der Waals surface area contributed by atoms with Crippen LogP contribution in [-0.2, 0) is 11.3 Å². The summed E-state index contributed by atoms with van der Waals surface area (Å²) >= 11 is 0. The number of amides is 1. The van der Waals surface area contributed by atoms with E-state index in [9.17, 15) is 4.79 Å². The van der Waals surface area contributed by atoms with Crippen molar-refractivity contribution in [2.24, 2.45) is 4.99 Å². The summed E-state index contributed by atoms with van der Waals surface area (Å²) in [6.45, 7) is 9.60. The summed E-state index contributed by atoms with van der Waals surface area (Å²) in [5, 5.41) is 9.23. The SMILES string of the molecule is CN=C(NCCCNC(=O)OC(C)(C)C)NCc1cccc(C)c1.I. The Morgan fingerprint density at radius 1 is 1.16 bits per heavy atom. The van der Waals surface area contributed by atoms with Crippen molar-refractivity contribution in [3.63, 3.8) is 0 Å². The quantitative estimate of drug-likeness (QED) is 0.263. The zero-order chi connectivity index (χ0) is 18.0. The van der Waals surface area contributed by atoms with Gasteiger partial charge in [0, 0.05) is 26.7 Å². The second-order valence-corrected chi connectivity index (χ2v) is 6.62. The highest BCUT2D eigenvalue weighted by atomic mass is 127. The molecule has 7 heteroatoms. The first kappa shape index (κ1) is 23.5. The molecule has 6 nitrogen and oxygen atoms in total. The standard InChI is InChI=1S/C18H30N4O2.HI/c1-14-8-6-9-15(12-14)13-22-16(19-5)20-10-7-11-21-17(23)24-18(2,3)4;/h6,8-9,12H,7,10-11,13H2,1-5H3,(H,21,23)(H2,19,20,22);1H. The van der Waals surface area contributed by atoms with Crippen molar-refractivity contribution in [2.75, 3.05) is 20.1 Å². The van der Waals surface area contributed by atoms with E-state index in [1.54, 1.807) is 7.05 Å². The average Bonchev–Trinajstić information content (AvgIpc) is 2.48. The maximum absolute atomic E-state index is 11.5. The number of aryl methyl sites for hydroxylation is 1. The zero-order valence-corrected chi connectivity index (χ0v) is 18.1. The van der Waals surface area contributed by atoms with Gasteiger partial charge >= 0.3 is 6.09 Å². The summed E-state index contributed by atoms with van der Waals surface area (Å²) in [6, 6.07) is 8.35. The van der Waals surface area contributed by atoms with Gasteiger partial charge in [0.25, 0.3) is 0 Å². The first-order valence-electron chi connectivity index (χ1n) is 8.27. The van der Waals surface area contributed by atoms with Gasteiger partial charge in [-0.1, -0.05) is 29.8 Å². The van der Waals surface area contributed by atoms with Gasteiger partial charge in [0.2, 0.25) is 0 Å². The molecule has 0 unspecified atom stereocenters. The number of carbonyl (C=O) groups excluding carboxylic acids is 1. The topological polar surface area (TPSA) is 74.8 Å². The summed E-state index contributed by atoms with van der Waals surface area (Å²) in [6.07, 6.45) is 0.397. The van der Waals surface area contributed by atoms with Crippen LogP contribution in [0, 0.1) is 6.92 Å². The van der Waals surface area contributed by atoms with E-state index >= 15 is 0 Å². The third kappa shape index (κ3) is 11.6. The molecule has 0 saturated heterocycles. The molecule has 0 aliphatic carbocycles. The Kier molecular flexibility index (Phi) is 11.2. The van der Waals surface area contributed by atoms with Gasteiger partial charge in [-0.25, -0.2) is 4.79 Å². The maximum Gasteiger partial charge on any atom is 0.407 e. The van der Waals surface area contributed by atoms with Gasteiger partial charge in [0.05, 0.1) is 0 Å². The number of nitrogens with one attached hydrogen (secondary N) is 3. The number of rotatable bonds is 6. The molecule has 0 aromatic heterocycles. The van der Waals surface area contributed by atoms with Crippen LogP contribution < -0.4 is 16.0 Å². The second-order valence-electron chi connectivity index (χ2n) is 6.62. The molecule has 25 heavy (non-hydrogen) atoms. The molecule has 0 saturated carbocycles. The van der Waals surface area contributed by atoms with E-state index in [4.69, 9.17) is 4.74 Å². The largest absolute Gasteiger partial charge is 0.444 e. The monoisotopic (exact) mass is 462 g/mol. The molecule has 1 amide bonds. The Hall–Kier alpha value is -1.51. The number of halogens is 1. The molecule has 0 radical (unpaired) electrons. The van der Waals surface area contributed by atoms with Crippen LogP contribution in [0.5, 0.6) is 0 Å². The van der Waals surface area contributed by atoms with Crippen LogP contribution in [0.1, 0.15) is 38.3 Å². The number of carbonyl (C=O) groups is 1. The Labute approximate surface area is 168 Å². The van der Waals surface area contributed by atoms with Gasteiger partial charge in [0.15, 0.2) is 5.96 Å². The van der Waals surface area contributed by atoms with E-state index in [1.807, 2.05) is 26.8 Å². The molecule has 0 aliphatic heterocycles. The minimum Gasteiger partial charge on any atom is -0.444 e. The van der Waals surface area contributed by atoms with Gasteiger partial charge in [0.1, 0.15) is 5.60 Å². The van der Waals surface area contributed by atoms with Crippen LogP contribution in [0.3, 0.4) is 0 Å². The first-order valence-corrected chi connectivity index (χ1v) is 8.27. The molecule has 0 aliphatic rings. The second kappa shape index (κ2) is 11.9. The summed E-state index contributed by atoms with van der Waals surface area (Å²) in [4.78, 5) is 15.7. The summed E-state index contributed by atoms with van der Waals surface area (Å²) in [5.41, 5.74) is 1.99. The van der Waals surface area contributed by atoms with Gasteiger partial charge in [-0.2, -0.15) is 0 Å². The fourth-order valence-electron chi connectivity index (χ4n) is 2.03. The highest BCUT2D eigenvalue weighted by Gasteiger charge is 2.15. The Balaban J connectivity index is 0.00000576. The number of benzene rings is 1. The minimum absolute atomic E-state index is 0. The lowest BCUT2D eigenvalue weighted by Gasteiger charge is -2.19. The van der Waals surface area contributed by atoms with Crippen molar-refractivity contribution in [3.8, 4) is 0 Å². The summed E-state index contributed by atoms with van der Waals surface area (Å²) in [5.74, 6) is 0.744. The van der Waals surface area contributed by atoms with Crippen LogP contribution in [0.2, 0.25) is 0 Å². The van der Waals surface area contributed by atoms with E-state index < -0.39 is 5.60 Å². The van der Waals surface area contributed by atoms with Crippen LogP contribution in [0.15, 0.2) is 29.3 Å². The van der Waals surface area contributed by atoms with E-state index in [-0.39, 0.29) is 30.1 Å².